The Morgan fingerprint density at radius 3 is 2.53 bits per heavy atom. The molecule has 0 aromatic heterocycles. The number of benzene rings is 2. The molecule has 30 heavy (non-hydrogen) atoms. The van der Waals surface area contributed by atoms with E-state index in [0.717, 1.165) is 21.9 Å². The molecule has 9 heteroatoms. The van der Waals surface area contributed by atoms with Crippen LogP contribution in [0, 0.1) is 0 Å². The largest absolute Gasteiger partial charge is 0.379 e. The molecule has 0 spiro atoms. The second-order valence-electron chi connectivity index (χ2n) is 6.87. The quantitative estimate of drug-likeness (QED) is 0.648. The highest BCUT2D eigenvalue weighted by Gasteiger charge is 2.26. The molecule has 2 aliphatic rings. The zero-order chi connectivity index (χ0) is 21.1. The molecule has 0 radical (unpaired) electrons. The van der Waals surface area contributed by atoms with Crippen molar-refractivity contribution in [3.05, 3.63) is 59.1 Å². The van der Waals surface area contributed by atoms with Crippen molar-refractivity contribution in [2.75, 3.05) is 43.5 Å². The summed E-state index contributed by atoms with van der Waals surface area (Å²) < 4.78 is 32.0. The molecule has 2 heterocycles. The molecule has 2 aromatic carbocycles. The van der Waals surface area contributed by atoms with Crippen LogP contribution < -0.4 is 4.90 Å². The third kappa shape index (κ3) is 4.58. The van der Waals surface area contributed by atoms with Gasteiger partial charge in [0.2, 0.25) is 10.0 Å². The zero-order valence-electron chi connectivity index (χ0n) is 16.2. The van der Waals surface area contributed by atoms with Crippen molar-refractivity contribution in [1.29, 1.82) is 0 Å². The summed E-state index contributed by atoms with van der Waals surface area (Å²) in [5.74, 6) is 0.686. The Bertz CT molecular complexity index is 1060. The molecule has 0 unspecified atom stereocenters. The number of thioether (sulfide) groups is 1. The van der Waals surface area contributed by atoms with E-state index < -0.39 is 10.0 Å². The minimum Gasteiger partial charge on any atom is -0.379 e. The number of halogens is 1. The zero-order valence-corrected chi connectivity index (χ0v) is 18.5. The molecular formula is C21H21ClN2O4S2. The molecule has 2 aromatic rings. The minimum atomic E-state index is -3.53. The van der Waals surface area contributed by atoms with E-state index in [2.05, 4.69) is 0 Å². The fourth-order valence-electron chi connectivity index (χ4n) is 3.36. The summed E-state index contributed by atoms with van der Waals surface area (Å²) in [6.45, 7) is 2.14. The van der Waals surface area contributed by atoms with Crippen LogP contribution in [0.3, 0.4) is 0 Å². The molecule has 0 atom stereocenters. The van der Waals surface area contributed by atoms with E-state index in [1.165, 1.54) is 10.4 Å². The van der Waals surface area contributed by atoms with E-state index in [1.807, 2.05) is 12.1 Å². The topological polar surface area (TPSA) is 66.9 Å². The second kappa shape index (κ2) is 9.11. The van der Waals surface area contributed by atoms with Gasteiger partial charge in [-0.25, -0.2) is 8.42 Å². The van der Waals surface area contributed by atoms with Gasteiger partial charge in [0.25, 0.3) is 5.91 Å². The van der Waals surface area contributed by atoms with Gasteiger partial charge in [0.1, 0.15) is 0 Å². The fourth-order valence-corrected chi connectivity index (χ4v) is 5.91. The number of amides is 1. The third-order valence-corrected chi connectivity index (χ3v) is 8.15. The van der Waals surface area contributed by atoms with Gasteiger partial charge in [0.05, 0.1) is 23.8 Å². The lowest BCUT2D eigenvalue weighted by Crippen LogP contribution is -2.40. The molecule has 0 bridgehead atoms. The molecule has 0 saturated carbocycles. The molecular weight excluding hydrogens is 444 g/mol. The van der Waals surface area contributed by atoms with Crippen LogP contribution in [-0.4, -0.2) is 57.2 Å². The highest BCUT2D eigenvalue weighted by atomic mass is 35.5. The van der Waals surface area contributed by atoms with E-state index >= 15 is 0 Å². The fraction of sp³-hybridized carbons (Fsp3) is 0.286. The number of rotatable bonds is 4. The number of fused-ring (bicyclic) bond motifs is 1. The van der Waals surface area contributed by atoms with Crippen LogP contribution in [0.2, 0.25) is 5.02 Å². The predicted molar refractivity (Wildman–Crippen MR) is 120 cm³/mol. The maximum absolute atomic E-state index is 12.8. The molecule has 1 amide bonds. The SMILES string of the molecule is O=C(/C=C/c1ccc(S(=O)(=O)N2CCOCC2)cc1)N1CCSc2ccc(Cl)cc21. The average Bonchev–Trinajstić information content (AvgIpc) is 2.78. The van der Waals surface area contributed by atoms with Gasteiger partial charge < -0.3 is 9.64 Å². The van der Waals surface area contributed by atoms with Gasteiger partial charge >= 0.3 is 0 Å². The van der Waals surface area contributed by atoms with Gasteiger partial charge in [0, 0.05) is 41.4 Å². The highest BCUT2D eigenvalue weighted by Crippen LogP contribution is 2.36. The van der Waals surface area contributed by atoms with E-state index in [0.29, 0.717) is 37.9 Å². The van der Waals surface area contributed by atoms with E-state index in [1.54, 1.807) is 53.1 Å². The van der Waals surface area contributed by atoms with Crippen molar-refractivity contribution in [1.82, 2.24) is 4.31 Å². The predicted octanol–water partition coefficient (Wildman–Crippen LogP) is 3.51. The Hall–Kier alpha value is -1.84. The maximum atomic E-state index is 12.8. The van der Waals surface area contributed by atoms with Crippen LogP contribution in [0.15, 0.2) is 58.3 Å². The van der Waals surface area contributed by atoms with Crippen molar-refractivity contribution in [2.24, 2.45) is 0 Å². The first kappa shape index (κ1) is 21.4. The average molecular weight is 465 g/mol. The number of hydrogen-bond acceptors (Lipinski definition) is 5. The first-order valence-electron chi connectivity index (χ1n) is 9.55. The number of anilines is 1. The third-order valence-electron chi connectivity index (χ3n) is 4.96. The van der Waals surface area contributed by atoms with Crippen LogP contribution >= 0.6 is 23.4 Å². The van der Waals surface area contributed by atoms with Gasteiger partial charge in [-0.15, -0.1) is 11.8 Å². The number of ether oxygens (including phenoxy) is 1. The Kier molecular flexibility index (Phi) is 6.50. The molecule has 0 aliphatic carbocycles. The van der Waals surface area contributed by atoms with E-state index in [4.69, 9.17) is 16.3 Å². The van der Waals surface area contributed by atoms with Crippen molar-refractivity contribution in [3.63, 3.8) is 0 Å². The van der Waals surface area contributed by atoms with Crippen LogP contribution in [-0.2, 0) is 19.6 Å². The first-order valence-corrected chi connectivity index (χ1v) is 12.4. The summed E-state index contributed by atoms with van der Waals surface area (Å²) in [7, 11) is -3.53. The van der Waals surface area contributed by atoms with Crippen LogP contribution in [0.25, 0.3) is 6.08 Å². The van der Waals surface area contributed by atoms with Gasteiger partial charge in [-0.05, 0) is 42.0 Å². The smallest absolute Gasteiger partial charge is 0.251 e. The lowest BCUT2D eigenvalue weighted by molar-refractivity contribution is -0.114. The number of morpholine rings is 1. The van der Waals surface area contributed by atoms with Crippen molar-refractivity contribution in [3.8, 4) is 0 Å². The highest BCUT2D eigenvalue weighted by molar-refractivity contribution is 7.99. The molecule has 6 nitrogen and oxygen atoms in total. The number of hydrogen-bond donors (Lipinski definition) is 0. The summed E-state index contributed by atoms with van der Waals surface area (Å²) in [6.07, 6.45) is 3.20. The Morgan fingerprint density at radius 1 is 1.07 bits per heavy atom. The van der Waals surface area contributed by atoms with Crippen molar-refractivity contribution >= 4 is 51.1 Å². The van der Waals surface area contributed by atoms with Crippen molar-refractivity contribution < 1.29 is 17.9 Å². The summed E-state index contributed by atoms with van der Waals surface area (Å²) in [6, 6.07) is 12.1. The van der Waals surface area contributed by atoms with Crippen LogP contribution in [0.1, 0.15) is 5.56 Å². The Balaban J connectivity index is 1.47. The number of carbonyl (C=O) groups excluding carboxylic acids is 1. The molecule has 4 rings (SSSR count). The van der Waals surface area contributed by atoms with Gasteiger partial charge in [-0.2, -0.15) is 4.31 Å². The lowest BCUT2D eigenvalue weighted by atomic mass is 10.2. The monoisotopic (exact) mass is 464 g/mol. The lowest BCUT2D eigenvalue weighted by Gasteiger charge is -2.28. The van der Waals surface area contributed by atoms with Crippen LogP contribution in [0.5, 0.6) is 0 Å². The molecule has 1 saturated heterocycles. The minimum absolute atomic E-state index is 0.135. The standard InChI is InChI=1S/C21H21ClN2O4S2/c22-17-4-7-20-19(15-17)24(11-14-29-20)21(25)8-3-16-1-5-18(6-2-16)30(26,27)23-9-12-28-13-10-23/h1-8,15H,9-14H2/b8-3+. The summed E-state index contributed by atoms with van der Waals surface area (Å²) >= 11 is 7.81. The Labute approximate surface area is 185 Å². The van der Waals surface area contributed by atoms with E-state index in [-0.39, 0.29) is 10.8 Å². The summed E-state index contributed by atoms with van der Waals surface area (Å²) in [5.41, 5.74) is 1.57. The second-order valence-corrected chi connectivity index (χ2v) is 10.4. The number of nitrogens with zero attached hydrogens (tertiary/aromatic N) is 2. The van der Waals surface area contributed by atoms with E-state index in [9.17, 15) is 13.2 Å². The summed E-state index contributed by atoms with van der Waals surface area (Å²) in [4.78, 5) is 15.7. The van der Waals surface area contributed by atoms with Crippen LogP contribution in [0.4, 0.5) is 5.69 Å². The maximum Gasteiger partial charge on any atom is 0.251 e. The molecule has 1 fully saturated rings. The van der Waals surface area contributed by atoms with Crippen molar-refractivity contribution in [2.45, 2.75) is 9.79 Å². The number of sulfonamides is 1. The summed E-state index contributed by atoms with van der Waals surface area (Å²) in [5, 5.41) is 0.593. The molecule has 2 aliphatic heterocycles. The number of carbonyl (C=O) groups is 1. The molecule has 158 valence electrons. The van der Waals surface area contributed by atoms with Gasteiger partial charge in [-0.3, -0.25) is 4.79 Å². The van der Waals surface area contributed by atoms with Gasteiger partial charge in [-0.1, -0.05) is 23.7 Å². The first-order chi connectivity index (χ1) is 14.4. The Morgan fingerprint density at radius 2 is 1.80 bits per heavy atom. The van der Waals surface area contributed by atoms with Gasteiger partial charge in [0.15, 0.2) is 0 Å². The normalized spacial score (nSPS) is 17.8. The molecule has 0 N–H and O–H groups in total.